The number of amides is 1. The number of nitrogens with one attached hydrogen (secondary N) is 1. The van der Waals surface area contributed by atoms with Gasteiger partial charge in [-0.25, -0.2) is 0 Å². The first-order valence-electron chi connectivity index (χ1n) is 10.8. The molecule has 1 saturated carbocycles. The summed E-state index contributed by atoms with van der Waals surface area (Å²) < 4.78 is 16.4. The SMILES string of the molecule is COc1ccc2[nH]c(=O)c(C3c4cc(OC)c(OC)cc4CCN3C(=O)C3CC3)cc2c1. The van der Waals surface area contributed by atoms with Crippen molar-refractivity contribution in [1.29, 1.82) is 0 Å². The molecular weight excluding hydrogens is 408 g/mol. The lowest BCUT2D eigenvalue weighted by Gasteiger charge is -2.38. The van der Waals surface area contributed by atoms with Crippen LogP contribution < -0.4 is 19.8 Å². The second-order valence-electron chi connectivity index (χ2n) is 8.37. The van der Waals surface area contributed by atoms with Crippen molar-refractivity contribution in [2.75, 3.05) is 27.9 Å². The van der Waals surface area contributed by atoms with E-state index in [0.29, 0.717) is 35.8 Å². The van der Waals surface area contributed by atoms with E-state index in [0.717, 1.165) is 34.9 Å². The summed E-state index contributed by atoms with van der Waals surface area (Å²) in [4.78, 5) is 31.3. The number of nitrogens with zero attached hydrogens (tertiary/aromatic N) is 1. The topological polar surface area (TPSA) is 80.9 Å². The first kappa shape index (κ1) is 20.4. The van der Waals surface area contributed by atoms with E-state index in [1.54, 1.807) is 21.3 Å². The average molecular weight is 434 g/mol. The van der Waals surface area contributed by atoms with Crippen molar-refractivity contribution in [3.63, 3.8) is 0 Å². The molecule has 2 aromatic carbocycles. The number of benzene rings is 2. The molecule has 1 atom stereocenters. The molecule has 1 aliphatic heterocycles. The second-order valence-corrected chi connectivity index (χ2v) is 8.37. The average Bonchev–Trinajstić information content (AvgIpc) is 3.67. The Morgan fingerprint density at radius 2 is 1.72 bits per heavy atom. The molecule has 1 N–H and O–H groups in total. The number of carbonyl (C=O) groups excluding carboxylic acids is 1. The van der Waals surface area contributed by atoms with Crippen molar-refractivity contribution in [3.05, 3.63) is 63.4 Å². The van der Waals surface area contributed by atoms with Crippen LogP contribution in [0.2, 0.25) is 0 Å². The minimum atomic E-state index is -0.494. The molecule has 1 amide bonds. The number of hydrogen-bond acceptors (Lipinski definition) is 5. The summed E-state index contributed by atoms with van der Waals surface area (Å²) >= 11 is 0. The normalized spacial score (nSPS) is 17.7. The highest BCUT2D eigenvalue weighted by Gasteiger charge is 2.40. The number of ether oxygens (including phenoxy) is 3. The first-order chi connectivity index (χ1) is 15.5. The quantitative estimate of drug-likeness (QED) is 0.665. The molecule has 1 unspecified atom stereocenters. The van der Waals surface area contributed by atoms with Crippen LogP contribution in [0.3, 0.4) is 0 Å². The van der Waals surface area contributed by atoms with Gasteiger partial charge >= 0.3 is 0 Å². The van der Waals surface area contributed by atoms with Crippen molar-refractivity contribution in [2.45, 2.75) is 25.3 Å². The third kappa shape index (κ3) is 3.38. The maximum Gasteiger partial charge on any atom is 0.254 e. The molecule has 0 spiro atoms. The Kier molecular flexibility index (Phi) is 5.04. The molecule has 2 aliphatic rings. The highest BCUT2D eigenvalue weighted by molar-refractivity contribution is 5.84. The van der Waals surface area contributed by atoms with Gasteiger partial charge in [-0.3, -0.25) is 9.59 Å². The monoisotopic (exact) mass is 434 g/mol. The predicted octanol–water partition coefficient (Wildman–Crippen LogP) is 3.44. The Balaban J connectivity index is 1.72. The number of aromatic nitrogens is 1. The lowest BCUT2D eigenvalue weighted by atomic mass is 9.87. The summed E-state index contributed by atoms with van der Waals surface area (Å²) in [6, 6.07) is 10.8. The summed E-state index contributed by atoms with van der Waals surface area (Å²) in [6.45, 7) is 0.554. The smallest absolute Gasteiger partial charge is 0.254 e. The van der Waals surface area contributed by atoms with Crippen molar-refractivity contribution in [3.8, 4) is 17.2 Å². The Labute approximate surface area is 185 Å². The van der Waals surface area contributed by atoms with Crippen LogP contribution in [0.25, 0.3) is 10.9 Å². The fraction of sp³-hybridized carbons (Fsp3) is 0.360. The number of methoxy groups -OCH3 is 3. The van der Waals surface area contributed by atoms with Crippen LogP contribution in [0.15, 0.2) is 41.2 Å². The summed E-state index contributed by atoms with van der Waals surface area (Å²) in [5, 5.41) is 0.852. The van der Waals surface area contributed by atoms with Crippen LogP contribution in [0, 0.1) is 5.92 Å². The van der Waals surface area contributed by atoms with E-state index in [9.17, 15) is 9.59 Å². The summed E-state index contributed by atoms with van der Waals surface area (Å²) in [5.41, 5.74) is 3.01. The van der Waals surface area contributed by atoms with Gasteiger partial charge in [-0.15, -0.1) is 0 Å². The molecule has 1 aromatic heterocycles. The molecule has 3 aromatic rings. The highest BCUT2D eigenvalue weighted by atomic mass is 16.5. The van der Waals surface area contributed by atoms with Gasteiger partial charge in [0.2, 0.25) is 5.91 Å². The van der Waals surface area contributed by atoms with Gasteiger partial charge in [-0.1, -0.05) is 0 Å². The summed E-state index contributed by atoms with van der Waals surface area (Å²) in [6.07, 6.45) is 2.52. The fourth-order valence-corrected chi connectivity index (χ4v) is 4.62. The number of aromatic amines is 1. The Morgan fingerprint density at radius 1 is 0.969 bits per heavy atom. The molecule has 2 heterocycles. The molecule has 166 valence electrons. The van der Waals surface area contributed by atoms with Crippen molar-refractivity contribution in [2.24, 2.45) is 5.92 Å². The lowest BCUT2D eigenvalue weighted by molar-refractivity contribution is -0.134. The van der Waals surface area contributed by atoms with E-state index >= 15 is 0 Å². The van der Waals surface area contributed by atoms with E-state index < -0.39 is 6.04 Å². The van der Waals surface area contributed by atoms with Crippen LogP contribution in [-0.2, 0) is 11.2 Å². The second kappa shape index (κ2) is 7.89. The molecule has 5 rings (SSSR count). The molecule has 7 heteroatoms. The molecule has 32 heavy (non-hydrogen) atoms. The number of fused-ring (bicyclic) bond motifs is 2. The van der Waals surface area contributed by atoms with Gasteiger partial charge in [0.05, 0.1) is 27.4 Å². The largest absolute Gasteiger partial charge is 0.497 e. The summed E-state index contributed by atoms with van der Waals surface area (Å²) in [5.74, 6) is 2.09. The molecular formula is C25H26N2O5. The van der Waals surface area contributed by atoms with E-state index in [2.05, 4.69) is 4.98 Å². The molecule has 7 nitrogen and oxygen atoms in total. The van der Waals surface area contributed by atoms with E-state index in [-0.39, 0.29) is 17.4 Å². The van der Waals surface area contributed by atoms with Crippen molar-refractivity contribution in [1.82, 2.24) is 9.88 Å². The number of pyridine rings is 1. The third-order valence-corrected chi connectivity index (χ3v) is 6.46. The standard InChI is InChI=1S/C25H26N2O5/c1-30-17-6-7-20-16(10-17)11-19(24(28)26-20)23-18-13-22(32-3)21(31-2)12-15(18)8-9-27(23)25(29)14-4-5-14/h6-7,10-14,23H,4-5,8-9H2,1-3H3,(H,26,28). The van der Waals surface area contributed by atoms with Gasteiger partial charge in [-0.2, -0.15) is 0 Å². The maximum atomic E-state index is 13.2. The Morgan fingerprint density at radius 3 is 2.41 bits per heavy atom. The van der Waals surface area contributed by atoms with Gasteiger partial charge in [0, 0.05) is 28.9 Å². The number of carbonyl (C=O) groups is 1. The van der Waals surface area contributed by atoms with Gasteiger partial charge in [0.1, 0.15) is 5.75 Å². The first-order valence-corrected chi connectivity index (χ1v) is 10.8. The molecule has 1 fully saturated rings. The molecule has 0 bridgehead atoms. The highest BCUT2D eigenvalue weighted by Crippen LogP contribution is 2.43. The number of rotatable bonds is 5. The minimum Gasteiger partial charge on any atom is -0.497 e. The van der Waals surface area contributed by atoms with Crippen LogP contribution in [0.4, 0.5) is 0 Å². The zero-order valence-electron chi connectivity index (χ0n) is 18.4. The van der Waals surface area contributed by atoms with Gasteiger partial charge < -0.3 is 24.1 Å². The van der Waals surface area contributed by atoms with Crippen LogP contribution in [-0.4, -0.2) is 43.7 Å². The van der Waals surface area contributed by atoms with Crippen molar-refractivity contribution >= 4 is 16.8 Å². The van der Waals surface area contributed by atoms with E-state index in [4.69, 9.17) is 14.2 Å². The van der Waals surface area contributed by atoms with Gasteiger partial charge in [-0.05, 0) is 66.8 Å². The fourth-order valence-electron chi connectivity index (χ4n) is 4.62. The molecule has 0 saturated heterocycles. The van der Waals surface area contributed by atoms with Gasteiger partial charge in [0.25, 0.3) is 5.56 Å². The van der Waals surface area contributed by atoms with Crippen LogP contribution >= 0.6 is 0 Å². The minimum absolute atomic E-state index is 0.0545. The number of hydrogen-bond donors (Lipinski definition) is 1. The molecule has 1 aliphatic carbocycles. The lowest BCUT2D eigenvalue weighted by Crippen LogP contribution is -2.43. The zero-order valence-corrected chi connectivity index (χ0v) is 18.4. The number of H-pyrrole nitrogens is 1. The maximum absolute atomic E-state index is 13.2. The van der Waals surface area contributed by atoms with Gasteiger partial charge in [0.15, 0.2) is 11.5 Å². The van der Waals surface area contributed by atoms with Crippen LogP contribution in [0.1, 0.15) is 35.6 Å². The van der Waals surface area contributed by atoms with Crippen molar-refractivity contribution < 1.29 is 19.0 Å². The van der Waals surface area contributed by atoms with E-state index in [1.807, 2.05) is 41.3 Å². The van der Waals surface area contributed by atoms with E-state index in [1.165, 1.54) is 0 Å². The zero-order chi connectivity index (χ0) is 22.4. The Bertz CT molecular complexity index is 1260. The Hall–Kier alpha value is -3.48. The van der Waals surface area contributed by atoms with Crippen LogP contribution in [0.5, 0.6) is 17.2 Å². The third-order valence-electron chi connectivity index (χ3n) is 6.46. The molecule has 0 radical (unpaired) electrons. The summed E-state index contributed by atoms with van der Waals surface area (Å²) in [7, 11) is 4.81. The predicted molar refractivity (Wildman–Crippen MR) is 121 cm³/mol.